The number of halogens is 1. The molecular weight excluding hydrogens is 376 g/mol. The van der Waals surface area contributed by atoms with Crippen LogP contribution in [0.25, 0.3) is 10.9 Å². The number of rotatable bonds is 7. The molecule has 6 heteroatoms. The molecule has 0 radical (unpaired) electrons. The normalized spacial score (nSPS) is 11.3. The smallest absolute Gasteiger partial charge is 0.248 e. The van der Waals surface area contributed by atoms with Crippen molar-refractivity contribution in [2.75, 3.05) is 7.11 Å². The van der Waals surface area contributed by atoms with Gasteiger partial charge in [0.1, 0.15) is 0 Å². The molecule has 0 saturated heterocycles. The third-order valence-corrected chi connectivity index (χ3v) is 5.16. The molecule has 3 rings (SSSR count). The number of Topliss-reactive ketones (excluding diaryl/α,β-unsaturated/α-hetero) is 1. The Kier molecular flexibility index (Phi) is 5.87. The summed E-state index contributed by atoms with van der Waals surface area (Å²) in [4.78, 5) is 24.7. The van der Waals surface area contributed by atoms with Crippen molar-refractivity contribution < 1.29 is 14.3 Å². The van der Waals surface area contributed by atoms with E-state index in [1.165, 1.54) is 0 Å². The quantitative estimate of drug-likeness (QED) is 0.598. The fourth-order valence-corrected chi connectivity index (χ4v) is 3.58. The van der Waals surface area contributed by atoms with Crippen LogP contribution in [0.4, 0.5) is 0 Å². The molecule has 3 aromatic rings. The second-order valence-corrected chi connectivity index (χ2v) is 7.45. The molecule has 0 unspecified atom stereocenters. The molecule has 0 fully saturated rings. The first-order valence-corrected chi connectivity index (χ1v) is 9.44. The third-order valence-electron chi connectivity index (χ3n) is 4.79. The summed E-state index contributed by atoms with van der Waals surface area (Å²) in [5.74, 6) is -0.662. The second-order valence-electron chi connectivity index (χ2n) is 7.05. The van der Waals surface area contributed by atoms with Crippen molar-refractivity contribution in [1.82, 2.24) is 4.57 Å². The third kappa shape index (κ3) is 3.68. The highest BCUT2D eigenvalue weighted by Crippen LogP contribution is 2.32. The van der Waals surface area contributed by atoms with Crippen LogP contribution >= 0.6 is 11.6 Å². The Bertz CT molecular complexity index is 1050. The Balaban J connectivity index is 2.33. The average Bonchev–Trinajstić information content (AvgIpc) is 2.95. The minimum Gasteiger partial charge on any atom is -0.378 e. The van der Waals surface area contributed by atoms with Crippen LogP contribution in [0.5, 0.6) is 0 Å². The van der Waals surface area contributed by atoms with E-state index in [0.29, 0.717) is 22.7 Å². The summed E-state index contributed by atoms with van der Waals surface area (Å²) in [5.41, 5.74) is 8.92. The van der Waals surface area contributed by atoms with Crippen molar-refractivity contribution in [1.29, 1.82) is 0 Å². The number of primary amides is 1. The van der Waals surface area contributed by atoms with Gasteiger partial charge >= 0.3 is 0 Å². The summed E-state index contributed by atoms with van der Waals surface area (Å²) < 4.78 is 7.40. The van der Waals surface area contributed by atoms with Crippen LogP contribution in [0.1, 0.15) is 45.8 Å². The van der Waals surface area contributed by atoms with Crippen molar-refractivity contribution >= 4 is 34.2 Å². The summed E-state index contributed by atoms with van der Waals surface area (Å²) in [7, 11) is 1.59. The van der Waals surface area contributed by atoms with Gasteiger partial charge < -0.3 is 15.0 Å². The highest BCUT2D eigenvalue weighted by molar-refractivity contribution is 6.31. The molecule has 1 heterocycles. The van der Waals surface area contributed by atoms with Crippen molar-refractivity contribution in [3.05, 3.63) is 69.9 Å². The number of hydrogen-bond acceptors (Lipinski definition) is 3. The first-order valence-electron chi connectivity index (χ1n) is 9.06. The van der Waals surface area contributed by atoms with Crippen LogP contribution in [-0.4, -0.2) is 23.4 Å². The van der Waals surface area contributed by atoms with E-state index < -0.39 is 5.91 Å². The van der Waals surface area contributed by atoms with E-state index >= 15 is 0 Å². The predicted octanol–water partition coefficient (Wildman–Crippen LogP) is 4.43. The van der Waals surface area contributed by atoms with Gasteiger partial charge in [0.05, 0.1) is 17.8 Å². The van der Waals surface area contributed by atoms with E-state index in [1.807, 2.05) is 42.7 Å². The van der Waals surface area contributed by atoms with Crippen LogP contribution in [0.2, 0.25) is 5.02 Å². The molecule has 1 aromatic heterocycles. The van der Waals surface area contributed by atoms with E-state index in [9.17, 15) is 9.59 Å². The number of carbonyl (C=O) groups is 2. The molecule has 28 heavy (non-hydrogen) atoms. The minimum atomic E-state index is -0.516. The number of benzene rings is 2. The molecule has 0 atom stereocenters. The first-order chi connectivity index (χ1) is 13.3. The number of amides is 1. The van der Waals surface area contributed by atoms with Crippen LogP contribution < -0.4 is 5.73 Å². The highest BCUT2D eigenvalue weighted by atomic mass is 35.5. The van der Waals surface area contributed by atoms with Crippen LogP contribution in [0.3, 0.4) is 0 Å². The molecule has 0 aliphatic rings. The zero-order chi connectivity index (χ0) is 20.4. The van der Waals surface area contributed by atoms with Crippen LogP contribution in [0, 0.1) is 5.92 Å². The van der Waals surface area contributed by atoms with Crippen LogP contribution in [0.15, 0.2) is 42.5 Å². The number of methoxy groups -OCH3 is 1. The topological polar surface area (TPSA) is 74.3 Å². The second kappa shape index (κ2) is 8.17. The zero-order valence-corrected chi connectivity index (χ0v) is 16.9. The van der Waals surface area contributed by atoms with Gasteiger partial charge in [0.25, 0.3) is 0 Å². The molecule has 0 aliphatic carbocycles. The number of carbonyl (C=O) groups excluding carboxylic acids is 2. The number of aromatic nitrogens is 1. The van der Waals surface area contributed by atoms with Gasteiger partial charge in [0, 0.05) is 41.1 Å². The van der Waals surface area contributed by atoms with E-state index in [4.69, 9.17) is 22.1 Å². The molecule has 0 spiro atoms. The largest absolute Gasteiger partial charge is 0.378 e. The van der Waals surface area contributed by atoms with Gasteiger partial charge in [-0.15, -0.1) is 0 Å². The number of nitrogens with zero attached hydrogens (tertiary/aromatic N) is 1. The number of hydrogen-bond donors (Lipinski definition) is 1. The number of nitrogens with two attached hydrogens (primary N) is 1. The summed E-state index contributed by atoms with van der Waals surface area (Å²) in [5, 5.41) is 1.42. The molecule has 2 aromatic carbocycles. The van der Waals surface area contributed by atoms with Gasteiger partial charge in [0.2, 0.25) is 5.91 Å². The molecular formula is C22H23ClN2O3. The lowest BCUT2D eigenvalue weighted by Gasteiger charge is -2.13. The van der Waals surface area contributed by atoms with Crippen molar-refractivity contribution in [3.63, 3.8) is 0 Å². The molecule has 2 N–H and O–H groups in total. The lowest BCUT2D eigenvalue weighted by molar-refractivity contribution is 0.0934. The maximum Gasteiger partial charge on any atom is 0.248 e. The van der Waals surface area contributed by atoms with E-state index in [1.54, 1.807) is 25.3 Å². The molecule has 1 amide bonds. The summed E-state index contributed by atoms with van der Waals surface area (Å²) >= 11 is 6.37. The van der Waals surface area contributed by atoms with Gasteiger partial charge in [0.15, 0.2) is 5.78 Å². The number of fused-ring (bicyclic) bond motifs is 1. The Hall–Kier alpha value is -2.63. The standard InChI is InChI=1S/C22H23ClN2O3/c1-13(2)21(26)20-16-9-8-14(22(24)27)10-18(16)25(19(20)12-28-3)11-15-6-4-5-7-17(15)23/h4-10,13H,11-12H2,1-3H3,(H2,24,27). The van der Waals surface area contributed by atoms with E-state index in [2.05, 4.69) is 0 Å². The first kappa shape index (κ1) is 20.1. The van der Waals surface area contributed by atoms with Crippen molar-refractivity contribution in [3.8, 4) is 0 Å². The van der Waals surface area contributed by atoms with Crippen molar-refractivity contribution in [2.45, 2.75) is 27.0 Å². The predicted molar refractivity (Wildman–Crippen MR) is 111 cm³/mol. The molecule has 0 bridgehead atoms. The van der Waals surface area contributed by atoms with Gasteiger partial charge in [-0.3, -0.25) is 9.59 Å². The fourth-order valence-electron chi connectivity index (χ4n) is 3.38. The number of ether oxygens (including phenoxy) is 1. The molecule has 0 aliphatic heterocycles. The van der Waals surface area contributed by atoms with Crippen LogP contribution in [-0.2, 0) is 17.9 Å². The molecule has 0 saturated carbocycles. The highest BCUT2D eigenvalue weighted by Gasteiger charge is 2.25. The Morgan fingerprint density at radius 2 is 1.89 bits per heavy atom. The van der Waals surface area contributed by atoms with E-state index in [0.717, 1.165) is 22.2 Å². The Morgan fingerprint density at radius 3 is 2.50 bits per heavy atom. The van der Waals surface area contributed by atoms with Gasteiger partial charge in [-0.25, -0.2) is 0 Å². The maximum absolute atomic E-state index is 13.0. The average molecular weight is 399 g/mol. The Morgan fingerprint density at radius 1 is 1.18 bits per heavy atom. The van der Waals surface area contributed by atoms with Gasteiger partial charge in [-0.05, 0) is 23.8 Å². The number of ketones is 1. The SMILES string of the molecule is COCc1c(C(=O)C(C)C)c2ccc(C(N)=O)cc2n1Cc1ccccc1Cl. The Labute approximate surface area is 169 Å². The zero-order valence-electron chi connectivity index (χ0n) is 16.2. The minimum absolute atomic E-state index is 0.0294. The lowest BCUT2D eigenvalue weighted by Crippen LogP contribution is -2.13. The van der Waals surface area contributed by atoms with Crippen molar-refractivity contribution in [2.24, 2.45) is 11.7 Å². The monoisotopic (exact) mass is 398 g/mol. The fraction of sp³-hybridized carbons (Fsp3) is 0.273. The summed E-state index contributed by atoms with van der Waals surface area (Å²) in [6.45, 7) is 4.45. The summed E-state index contributed by atoms with van der Waals surface area (Å²) in [6, 6.07) is 12.7. The van der Waals surface area contributed by atoms with E-state index in [-0.39, 0.29) is 18.3 Å². The lowest BCUT2D eigenvalue weighted by atomic mass is 9.97. The van der Waals surface area contributed by atoms with Gasteiger partial charge in [-0.1, -0.05) is 49.7 Å². The van der Waals surface area contributed by atoms with Gasteiger partial charge in [-0.2, -0.15) is 0 Å². The summed E-state index contributed by atoms with van der Waals surface area (Å²) in [6.07, 6.45) is 0. The molecule has 5 nitrogen and oxygen atoms in total. The molecule has 146 valence electrons. The maximum atomic E-state index is 13.0.